The Balaban J connectivity index is 2.09. The molecule has 0 aliphatic heterocycles. The molecule has 0 spiro atoms. The van der Waals surface area contributed by atoms with Gasteiger partial charge in [-0.2, -0.15) is 0 Å². The first-order valence-electron chi connectivity index (χ1n) is 6.61. The molecule has 1 fully saturated rings. The first-order valence-corrected chi connectivity index (χ1v) is 7.49. The Kier molecular flexibility index (Phi) is 4.65. The molecule has 1 N–H and O–H groups in total. The van der Waals surface area contributed by atoms with Crippen molar-refractivity contribution in [3.05, 3.63) is 34.4 Å². The normalized spacial score (nSPS) is 26.1. The zero-order chi connectivity index (χ0) is 14.7. The molecule has 0 bridgehead atoms. The van der Waals surface area contributed by atoms with E-state index in [-0.39, 0.29) is 16.9 Å². The maximum Gasteiger partial charge on any atom is 0.307 e. The third kappa shape index (κ3) is 3.50. The van der Waals surface area contributed by atoms with E-state index >= 15 is 0 Å². The van der Waals surface area contributed by atoms with Gasteiger partial charge in [0.05, 0.1) is 10.8 Å². The number of thioether (sulfide) groups is 1. The Morgan fingerprint density at radius 3 is 2.55 bits per heavy atom. The van der Waals surface area contributed by atoms with Gasteiger partial charge < -0.3 is 5.11 Å². The summed E-state index contributed by atoms with van der Waals surface area (Å²) in [6, 6.07) is 6.32. The second-order valence-corrected chi connectivity index (χ2v) is 6.58. The number of aliphatic carboxylic acids is 1. The fourth-order valence-corrected chi connectivity index (χ4v) is 4.05. The van der Waals surface area contributed by atoms with E-state index in [1.807, 2.05) is 0 Å². The van der Waals surface area contributed by atoms with E-state index in [1.165, 1.54) is 23.9 Å². The number of nitrogens with zero attached hydrogens (tertiary/aromatic N) is 1. The number of carboxylic acids is 1. The lowest BCUT2D eigenvalue weighted by Gasteiger charge is -2.31. The summed E-state index contributed by atoms with van der Waals surface area (Å²) in [7, 11) is 0. The van der Waals surface area contributed by atoms with Crippen LogP contribution < -0.4 is 0 Å². The zero-order valence-electron chi connectivity index (χ0n) is 11.2. The quantitative estimate of drug-likeness (QED) is 0.678. The average molecular weight is 295 g/mol. The predicted octanol–water partition coefficient (Wildman–Crippen LogP) is 3.58. The minimum Gasteiger partial charge on any atom is -0.481 e. The van der Waals surface area contributed by atoms with Crippen LogP contribution in [0.1, 0.15) is 26.2 Å². The van der Waals surface area contributed by atoms with Gasteiger partial charge in [0.2, 0.25) is 0 Å². The third-order valence-corrected chi connectivity index (χ3v) is 5.07. The highest BCUT2D eigenvalue weighted by Crippen LogP contribution is 2.40. The van der Waals surface area contributed by atoms with E-state index in [2.05, 4.69) is 6.92 Å². The number of rotatable bonds is 4. The third-order valence-electron chi connectivity index (χ3n) is 3.71. The van der Waals surface area contributed by atoms with Crippen molar-refractivity contribution in [1.29, 1.82) is 0 Å². The first-order chi connectivity index (χ1) is 9.47. The molecule has 0 saturated heterocycles. The number of benzene rings is 1. The molecule has 2 rings (SSSR count). The van der Waals surface area contributed by atoms with Crippen LogP contribution in [0.3, 0.4) is 0 Å². The molecule has 1 aliphatic carbocycles. The number of non-ortho nitro benzene ring substituents is 1. The summed E-state index contributed by atoms with van der Waals surface area (Å²) in [6.45, 7) is 2.14. The van der Waals surface area contributed by atoms with Crippen molar-refractivity contribution in [2.45, 2.75) is 36.3 Å². The minimum absolute atomic E-state index is 0.0395. The number of hydrogen-bond donors (Lipinski definition) is 1. The second kappa shape index (κ2) is 6.26. The number of nitro benzene ring substituents is 1. The maximum absolute atomic E-state index is 11.3. The largest absolute Gasteiger partial charge is 0.481 e. The lowest BCUT2D eigenvalue weighted by Crippen LogP contribution is -2.31. The van der Waals surface area contributed by atoms with Crippen LogP contribution in [0.25, 0.3) is 0 Å². The monoisotopic (exact) mass is 295 g/mol. The fourth-order valence-electron chi connectivity index (χ4n) is 2.56. The van der Waals surface area contributed by atoms with Gasteiger partial charge in [-0.3, -0.25) is 14.9 Å². The highest BCUT2D eigenvalue weighted by molar-refractivity contribution is 8.00. The standard InChI is InChI=1S/C14H17NO4S/c1-9-2-7-12(14(16)17)13(8-9)20-11-5-3-10(4-6-11)15(18)19/h3-6,9,12-13H,2,7-8H2,1H3,(H,16,17). The van der Waals surface area contributed by atoms with Crippen molar-refractivity contribution in [3.63, 3.8) is 0 Å². The van der Waals surface area contributed by atoms with Gasteiger partial charge in [-0.1, -0.05) is 6.92 Å². The summed E-state index contributed by atoms with van der Waals surface area (Å²) in [6.07, 6.45) is 2.54. The molecule has 108 valence electrons. The van der Waals surface area contributed by atoms with Gasteiger partial charge in [0.25, 0.3) is 5.69 Å². The van der Waals surface area contributed by atoms with E-state index < -0.39 is 10.9 Å². The van der Waals surface area contributed by atoms with Crippen LogP contribution in [0.2, 0.25) is 0 Å². The number of carboxylic acid groups (broad SMARTS) is 1. The van der Waals surface area contributed by atoms with Gasteiger partial charge in [-0.15, -0.1) is 11.8 Å². The molecule has 0 heterocycles. The molecule has 0 aromatic heterocycles. The topological polar surface area (TPSA) is 80.4 Å². The number of nitro groups is 1. The van der Waals surface area contributed by atoms with Crippen molar-refractivity contribution in [3.8, 4) is 0 Å². The van der Waals surface area contributed by atoms with Crippen molar-refractivity contribution in [1.82, 2.24) is 0 Å². The first kappa shape index (κ1) is 14.8. The molecule has 3 atom stereocenters. The van der Waals surface area contributed by atoms with Gasteiger partial charge in [0.15, 0.2) is 0 Å². The van der Waals surface area contributed by atoms with Crippen LogP contribution in [0, 0.1) is 22.0 Å². The van der Waals surface area contributed by atoms with E-state index in [1.54, 1.807) is 12.1 Å². The van der Waals surface area contributed by atoms with Crippen LogP contribution in [-0.4, -0.2) is 21.2 Å². The second-order valence-electron chi connectivity index (χ2n) is 5.27. The lowest BCUT2D eigenvalue weighted by atomic mass is 9.82. The van der Waals surface area contributed by atoms with Crippen LogP contribution in [0.15, 0.2) is 29.2 Å². The molecule has 0 radical (unpaired) electrons. The highest BCUT2D eigenvalue weighted by Gasteiger charge is 2.34. The van der Waals surface area contributed by atoms with Crippen LogP contribution in [0.4, 0.5) is 5.69 Å². The van der Waals surface area contributed by atoms with Crippen LogP contribution >= 0.6 is 11.8 Å². The van der Waals surface area contributed by atoms with Gasteiger partial charge in [-0.25, -0.2) is 0 Å². The number of hydrogen-bond acceptors (Lipinski definition) is 4. The maximum atomic E-state index is 11.3. The van der Waals surface area contributed by atoms with Gasteiger partial charge >= 0.3 is 5.97 Å². The summed E-state index contributed by atoms with van der Waals surface area (Å²) in [5.41, 5.74) is 0.0566. The molecule has 1 saturated carbocycles. The minimum atomic E-state index is -0.740. The summed E-state index contributed by atoms with van der Waals surface area (Å²) >= 11 is 1.52. The molecule has 20 heavy (non-hydrogen) atoms. The van der Waals surface area contributed by atoms with Crippen LogP contribution in [0.5, 0.6) is 0 Å². The summed E-state index contributed by atoms with van der Waals surface area (Å²) < 4.78 is 0. The van der Waals surface area contributed by atoms with Crippen LogP contribution in [-0.2, 0) is 4.79 Å². The van der Waals surface area contributed by atoms with E-state index in [4.69, 9.17) is 0 Å². The Labute approximate surface area is 121 Å². The molecule has 6 heteroatoms. The smallest absolute Gasteiger partial charge is 0.307 e. The predicted molar refractivity (Wildman–Crippen MR) is 76.9 cm³/mol. The SMILES string of the molecule is CC1CCC(C(=O)O)C(Sc2ccc([N+](=O)[O-])cc2)C1. The lowest BCUT2D eigenvalue weighted by molar-refractivity contribution is -0.384. The van der Waals surface area contributed by atoms with Gasteiger partial charge in [0.1, 0.15) is 0 Å². The average Bonchev–Trinajstić information content (AvgIpc) is 2.39. The van der Waals surface area contributed by atoms with Gasteiger partial charge in [0, 0.05) is 22.3 Å². The summed E-state index contributed by atoms with van der Waals surface area (Å²) in [4.78, 5) is 22.4. The van der Waals surface area contributed by atoms with Crippen molar-refractivity contribution >= 4 is 23.4 Å². The van der Waals surface area contributed by atoms with Crippen molar-refractivity contribution in [2.75, 3.05) is 0 Å². The zero-order valence-corrected chi connectivity index (χ0v) is 12.0. The number of carbonyl (C=O) groups is 1. The van der Waals surface area contributed by atoms with Crippen molar-refractivity contribution < 1.29 is 14.8 Å². The molecule has 3 unspecified atom stereocenters. The molecule has 0 amide bonds. The molecular formula is C14H17NO4S. The van der Waals surface area contributed by atoms with Gasteiger partial charge in [-0.05, 0) is 37.3 Å². The van der Waals surface area contributed by atoms with E-state index in [0.29, 0.717) is 12.3 Å². The molecule has 5 nitrogen and oxygen atoms in total. The molecule has 1 aromatic rings. The Morgan fingerprint density at radius 2 is 2.00 bits per heavy atom. The molecular weight excluding hydrogens is 278 g/mol. The Bertz CT molecular complexity index is 502. The highest BCUT2D eigenvalue weighted by atomic mass is 32.2. The van der Waals surface area contributed by atoms with E-state index in [0.717, 1.165) is 17.7 Å². The summed E-state index contributed by atoms with van der Waals surface area (Å²) in [5.74, 6) is -0.538. The molecule has 1 aromatic carbocycles. The van der Waals surface area contributed by atoms with E-state index in [9.17, 15) is 20.0 Å². The molecule has 1 aliphatic rings. The Hall–Kier alpha value is -1.56. The fraction of sp³-hybridized carbons (Fsp3) is 0.500. The summed E-state index contributed by atoms with van der Waals surface area (Å²) in [5, 5.41) is 19.9. The Morgan fingerprint density at radius 1 is 1.35 bits per heavy atom. The van der Waals surface area contributed by atoms with Crippen molar-refractivity contribution in [2.24, 2.45) is 11.8 Å².